The van der Waals surface area contributed by atoms with Crippen LogP contribution in [-0.2, 0) is 14.3 Å². The molecular formula is C23H33FN4O3. The van der Waals surface area contributed by atoms with Gasteiger partial charge in [-0.15, -0.1) is 0 Å². The van der Waals surface area contributed by atoms with Gasteiger partial charge in [0.1, 0.15) is 11.9 Å². The van der Waals surface area contributed by atoms with Crippen LogP contribution in [0.25, 0.3) is 0 Å². The van der Waals surface area contributed by atoms with Crippen molar-refractivity contribution in [3.05, 3.63) is 30.1 Å². The van der Waals surface area contributed by atoms with Crippen LogP contribution in [0.4, 0.5) is 10.1 Å². The molecule has 0 bridgehead atoms. The number of hydrogen-bond acceptors (Lipinski definition) is 6. The van der Waals surface area contributed by atoms with Crippen LogP contribution in [0.1, 0.15) is 25.7 Å². The number of piperidine rings is 1. The summed E-state index contributed by atoms with van der Waals surface area (Å²) in [6, 6.07) is 6.68. The van der Waals surface area contributed by atoms with Crippen molar-refractivity contribution in [3.63, 3.8) is 0 Å². The Hall–Kier alpha value is -2.19. The first-order valence-corrected chi connectivity index (χ1v) is 11.4. The Morgan fingerprint density at radius 3 is 2.45 bits per heavy atom. The Morgan fingerprint density at radius 1 is 1.13 bits per heavy atom. The van der Waals surface area contributed by atoms with Gasteiger partial charge in [0.05, 0.1) is 12.0 Å². The fourth-order valence-electron chi connectivity index (χ4n) is 5.06. The molecule has 0 aliphatic carbocycles. The summed E-state index contributed by atoms with van der Waals surface area (Å²) in [5.74, 6) is -0.180. The van der Waals surface area contributed by atoms with E-state index in [4.69, 9.17) is 4.74 Å². The van der Waals surface area contributed by atoms with Crippen molar-refractivity contribution >= 4 is 17.6 Å². The number of piperazine rings is 1. The molecule has 3 saturated heterocycles. The molecule has 3 heterocycles. The van der Waals surface area contributed by atoms with Crippen molar-refractivity contribution in [2.75, 3.05) is 64.3 Å². The molecule has 4 rings (SSSR count). The Labute approximate surface area is 183 Å². The van der Waals surface area contributed by atoms with Crippen molar-refractivity contribution in [2.24, 2.45) is 5.41 Å². The number of benzene rings is 1. The number of hydrogen-bond donors (Lipinski definition) is 1. The molecule has 1 spiro atoms. The fourth-order valence-corrected chi connectivity index (χ4v) is 5.06. The van der Waals surface area contributed by atoms with Gasteiger partial charge in [-0.3, -0.25) is 14.5 Å². The first-order chi connectivity index (χ1) is 15.0. The maximum absolute atomic E-state index is 13.1. The summed E-state index contributed by atoms with van der Waals surface area (Å²) in [6.07, 6.45) is 3.01. The smallest absolute Gasteiger partial charge is 0.312 e. The average molecular weight is 433 g/mol. The van der Waals surface area contributed by atoms with Gasteiger partial charge in [-0.2, -0.15) is 0 Å². The van der Waals surface area contributed by atoms with Gasteiger partial charge < -0.3 is 19.9 Å². The minimum Gasteiger partial charge on any atom is -0.462 e. The van der Waals surface area contributed by atoms with Gasteiger partial charge in [0.2, 0.25) is 5.91 Å². The van der Waals surface area contributed by atoms with Crippen LogP contribution in [0, 0.1) is 11.2 Å². The summed E-state index contributed by atoms with van der Waals surface area (Å²) in [7, 11) is 1.77. The number of nitrogens with zero attached hydrogens (tertiary/aromatic N) is 3. The van der Waals surface area contributed by atoms with Gasteiger partial charge in [-0.1, -0.05) is 0 Å². The molecule has 1 N–H and O–H groups in total. The number of cyclic esters (lactones) is 1. The van der Waals surface area contributed by atoms with Gasteiger partial charge >= 0.3 is 5.97 Å². The highest BCUT2D eigenvalue weighted by Crippen LogP contribution is 2.43. The molecule has 0 aromatic heterocycles. The van der Waals surface area contributed by atoms with Crippen molar-refractivity contribution in [2.45, 2.75) is 31.8 Å². The molecule has 1 atom stereocenters. The van der Waals surface area contributed by atoms with Crippen molar-refractivity contribution in [1.29, 1.82) is 0 Å². The van der Waals surface area contributed by atoms with Gasteiger partial charge in [0, 0.05) is 57.9 Å². The zero-order valence-electron chi connectivity index (χ0n) is 18.3. The number of nitrogens with one attached hydrogen (secondary N) is 1. The molecule has 31 heavy (non-hydrogen) atoms. The molecular weight excluding hydrogens is 399 g/mol. The molecule has 3 fully saturated rings. The first kappa shape index (κ1) is 22.0. The molecule has 3 aliphatic heterocycles. The maximum atomic E-state index is 13.1. The molecule has 0 saturated carbocycles. The van der Waals surface area contributed by atoms with Crippen LogP contribution in [-0.4, -0.2) is 87.2 Å². The summed E-state index contributed by atoms with van der Waals surface area (Å²) in [5, 5.41) is 2.90. The Kier molecular flexibility index (Phi) is 6.77. The second-order valence-electron chi connectivity index (χ2n) is 9.02. The Balaban J connectivity index is 1.21. The quantitative estimate of drug-likeness (QED) is 0.687. The third kappa shape index (κ3) is 5.01. The Bertz CT molecular complexity index is 772. The van der Waals surface area contributed by atoms with E-state index < -0.39 is 5.41 Å². The van der Waals surface area contributed by atoms with Gasteiger partial charge in [-0.05, 0) is 50.6 Å². The number of amides is 1. The highest BCUT2D eigenvalue weighted by Gasteiger charge is 2.50. The second kappa shape index (κ2) is 9.53. The number of esters is 1. The molecule has 3 aliphatic rings. The zero-order valence-corrected chi connectivity index (χ0v) is 18.3. The summed E-state index contributed by atoms with van der Waals surface area (Å²) in [4.78, 5) is 31.3. The molecule has 8 heteroatoms. The van der Waals surface area contributed by atoms with Crippen LogP contribution in [0.5, 0.6) is 0 Å². The molecule has 0 radical (unpaired) electrons. The number of likely N-dealkylation sites (N-methyl/N-ethyl adjacent to an activating group) is 1. The monoisotopic (exact) mass is 432 g/mol. The van der Waals surface area contributed by atoms with Crippen molar-refractivity contribution < 1.29 is 18.7 Å². The number of rotatable bonds is 6. The van der Waals surface area contributed by atoms with Crippen LogP contribution < -0.4 is 10.2 Å². The van der Waals surface area contributed by atoms with E-state index in [-0.39, 0.29) is 23.8 Å². The fraction of sp³-hybridized carbons (Fsp3) is 0.652. The largest absolute Gasteiger partial charge is 0.462 e. The number of ether oxygens (including phenoxy) is 1. The molecule has 170 valence electrons. The summed E-state index contributed by atoms with van der Waals surface area (Å²) >= 11 is 0. The van der Waals surface area contributed by atoms with E-state index in [2.05, 4.69) is 15.1 Å². The van der Waals surface area contributed by atoms with Gasteiger partial charge in [-0.25, -0.2) is 4.39 Å². The predicted molar refractivity (Wildman–Crippen MR) is 116 cm³/mol. The van der Waals surface area contributed by atoms with E-state index in [1.807, 2.05) is 17.0 Å². The molecule has 7 nitrogen and oxygen atoms in total. The topological polar surface area (TPSA) is 65.1 Å². The standard InChI is InChI=1S/C23H33FN4O3/c1-25-17-21(29)28-10-7-23(8-11-28)16-20(31-22(23)30)6-9-26-12-14-27(15-13-26)19-4-2-18(24)3-5-19/h2-5,20,25H,6-17H2,1H3/t20-/m0/s1. The first-order valence-electron chi connectivity index (χ1n) is 11.4. The molecule has 1 aromatic rings. The molecule has 0 unspecified atom stereocenters. The van der Waals surface area contributed by atoms with Gasteiger partial charge in [0.15, 0.2) is 0 Å². The number of anilines is 1. The number of carbonyl (C=O) groups excluding carboxylic acids is 2. The SMILES string of the molecule is CNCC(=O)N1CCC2(CC1)C[C@H](CCN1CCN(c3ccc(F)cc3)CC1)OC2=O. The lowest BCUT2D eigenvalue weighted by Crippen LogP contribution is -2.47. The van der Waals surface area contributed by atoms with Crippen molar-refractivity contribution in [1.82, 2.24) is 15.1 Å². The van der Waals surface area contributed by atoms with Crippen LogP contribution in [0.2, 0.25) is 0 Å². The highest BCUT2D eigenvalue weighted by atomic mass is 19.1. The lowest BCUT2D eigenvalue weighted by atomic mass is 9.75. The number of halogens is 1. The minimum absolute atomic E-state index is 0.0258. The zero-order chi connectivity index (χ0) is 21.8. The van der Waals surface area contributed by atoms with Crippen LogP contribution in [0.3, 0.4) is 0 Å². The van der Waals surface area contributed by atoms with E-state index in [9.17, 15) is 14.0 Å². The number of carbonyl (C=O) groups is 2. The van der Waals surface area contributed by atoms with E-state index in [0.29, 0.717) is 32.5 Å². The number of likely N-dealkylation sites (tertiary alicyclic amines) is 1. The second-order valence-corrected chi connectivity index (χ2v) is 9.02. The third-order valence-electron chi connectivity index (χ3n) is 7.06. The third-order valence-corrected chi connectivity index (χ3v) is 7.06. The molecule has 1 amide bonds. The lowest BCUT2D eigenvalue weighted by molar-refractivity contribution is -0.152. The average Bonchev–Trinajstić information content (AvgIpc) is 3.08. The Morgan fingerprint density at radius 2 is 1.81 bits per heavy atom. The predicted octanol–water partition coefficient (Wildman–Crippen LogP) is 1.48. The summed E-state index contributed by atoms with van der Waals surface area (Å²) < 4.78 is 18.9. The van der Waals surface area contributed by atoms with E-state index in [1.165, 1.54) is 12.1 Å². The van der Waals surface area contributed by atoms with E-state index in [1.54, 1.807) is 7.05 Å². The normalized spacial score (nSPS) is 23.9. The van der Waals surface area contributed by atoms with Crippen LogP contribution >= 0.6 is 0 Å². The maximum Gasteiger partial charge on any atom is 0.312 e. The van der Waals surface area contributed by atoms with Crippen molar-refractivity contribution in [3.8, 4) is 0 Å². The summed E-state index contributed by atoms with van der Waals surface area (Å²) in [6.45, 7) is 6.25. The highest BCUT2D eigenvalue weighted by molar-refractivity contribution is 5.81. The lowest BCUT2D eigenvalue weighted by Gasteiger charge is -2.37. The molecule has 1 aromatic carbocycles. The van der Waals surface area contributed by atoms with Gasteiger partial charge in [0.25, 0.3) is 0 Å². The van der Waals surface area contributed by atoms with Crippen LogP contribution in [0.15, 0.2) is 24.3 Å². The van der Waals surface area contributed by atoms with E-state index >= 15 is 0 Å². The minimum atomic E-state index is -0.400. The van der Waals surface area contributed by atoms with E-state index in [0.717, 1.165) is 51.3 Å². The summed E-state index contributed by atoms with van der Waals surface area (Å²) in [5.41, 5.74) is 0.662.